The maximum atomic E-state index is 13.1. The van der Waals surface area contributed by atoms with Gasteiger partial charge in [-0.2, -0.15) is 5.10 Å². The van der Waals surface area contributed by atoms with Gasteiger partial charge in [0.05, 0.1) is 43.2 Å². The first-order valence-electron chi connectivity index (χ1n) is 11.7. The number of ether oxygens (including phenoxy) is 2. The number of rotatable bonds is 8. The van der Waals surface area contributed by atoms with Gasteiger partial charge in [-0.3, -0.25) is 14.8 Å². The number of para-hydroxylation sites is 1. The Morgan fingerprint density at radius 2 is 1.89 bits per heavy atom. The van der Waals surface area contributed by atoms with E-state index in [2.05, 4.69) is 36.2 Å². The van der Waals surface area contributed by atoms with Crippen LogP contribution in [0.25, 0.3) is 11.4 Å². The Balaban J connectivity index is 1.67. The molecule has 3 aromatic rings. The van der Waals surface area contributed by atoms with E-state index in [9.17, 15) is 9.59 Å². The number of nitrogens with zero attached hydrogens (tertiary/aromatic N) is 6. The molecule has 4 rings (SSSR count). The Morgan fingerprint density at radius 1 is 1.14 bits per heavy atom. The summed E-state index contributed by atoms with van der Waals surface area (Å²) in [6.45, 7) is 0.969. The van der Waals surface area contributed by atoms with Crippen LogP contribution < -0.4 is 20.7 Å². The van der Waals surface area contributed by atoms with Crippen LogP contribution in [0.15, 0.2) is 30.6 Å². The number of aryl methyl sites for hydroxylation is 1. The second-order valence-electron chi connectivity index (χ2n) is 9.64. The minimum absolute atomic E-state index is 0.0193. The first-order chi connectivity index (χ1) is 17.6. The third kappa shape index (κ3) is 6.02. The van der Waals surface area contributed by atoms with E-state index >= 15 is 0 Å². The Hall–Kier alpha value is -4.07. The number of carbonyl (C=O) groups is 2. The number of nitrogens with one attached hydrogen (secondary N) is 3. The highest BCUT2D eigenvalue weighted by Gasteiger charge is 2.31. The van der Waals surface area contributed by atoms with Crippen molar-refractivity contribution in [1.29, 1.82) is 0 Å². The SMILES string of the molecule is BC(B)(B)NC(=O)c1nnc(NC(=O)N2CC(OC)C2)cc1Nc1cccc(-c2ncn(C)n2)c1OC. The molecule has 37 heavy (non-hydrogen) atoms. The molecule has 0 bridgehead atoms. The first-order valence-corrected chi connectivity index (χ1v) is 11.7. The van der Waals surface area contributed by atoms with E-state index in [0.717, 1.165) is 0 Å². The molecule has 0 saturated carbocycles. The lowest BCUT2D eigenvalue weighted by Gasteiger charge is -2.37. The van der Waals surface area contributed by atoms with Gasteiger partial charge in [0.2, 0.25) is 0 Å². The molecule has 1 fully saturated rings. The number of carbonyl (C=O) groups excluding carboxylic acids is 2. The van der Waals surface area contributed by atoms with Gasteiger partial charge in [0.1, 0.15) is 29.9 Å². The molecule has 0 unspecified atom stereocenters. The molecule has 0 spiro atoms. The van der Waals surface area contributed by atoms with Crippen molar-refractivity contribution in [3.8, 4) is 17.1 Å². The van der Waals surface area contributed by atoms with Crippen LogP contribution in [0.5, 0.6) is 5.75 Å². The highest BCUT2D eigenvalue weighted by Crippen LogP contribution is 2.37. The zero-order valence-electron chi connectivity index (χ0n) is 21.7. The van der Waals surface area contributed by atoms with E-state index in [4.69, 9.17) is 9.47 Å². The summed E-state index contributed by atoms with van der Waals surface area (Å²) in [5.41, 5.74) is 1.60. The number of benzene rings is 1. The lowest BCUT2D eigenvalue weighted by Crippen LogP contribution is -2.55. The fourth-order valence-corrected chi connectivity index (χ4v) is 3.70. The molecular weight excluding hydrogens is 475 g/mol. The quantitative estimate of drug-likeness (QED) is 0.301. The van der Waals surface area contributed by atoms with Crippen molar-refractivity contribution in [2.75, 3.05) is 37.9 Å². The fraction of sp³-hybridized carbons (Fsp3) is 0.333. The molecule has 1 aliphatic heterocycles. The maximum absolute atomic E-state index is 13.1. The van der Waals surface area contributed by atoms with E-state index < -0.39 is 11.1 Å². The lowest BCUT2D eigenvalue weighted by molar-refractivity contribution is -0.00467. The zero-order valence-corrected chi connectivity index (χ0v) is 21.7. The molecule has 16 heteroatoms. The van der Waals surface area contributed by atoms with Gasteiger partial charge < -0.3 is 25.0 Å². The summed E-state index contributed by atoms with van der Waals surface area (Å²) in [4.78, 5) is 31.6. The van der Waals surface area contributed by atoms with E-state index in [-0.39, 0.29) is 23.6 Å². The summed E-state index contributed by atoms with van der Waals surface area (Å²) in [5.74, 6) is 0.720. The molecule has 190 valence electrons. The Labute approximate surface area is 216 Å². The van der Waals surface area contributed by atoms with Crippen LogP contribution >= 0.6 is 0 Å². The van der Waals surface area contributed by atoms with Crippen molar-refractivity contribution < 1.29 is 19.1 Å². The molecule has 1 aromatic carbocycles. The van der Waals surface area contributed by atoms with Gasteiger partial charge in [-0.15, -0.1) is 10.2 Å². The molecule has 13 nitrogen and oxygen atoms in total. The Morgan fingerprint density at radius 3 is 2.51 bits per heavy atom. The summed E-state index contributed by atoms with van der Waals surface area (Å²) in [6, 6.07) is 6.67. The molecule has 2 aromatic heterocycles. The number of amides is 3. The molecule has 3 N–H and O–H groups in total. The summed E-state index contributed by atoms with van der Waals surface area (Å²) < 4.78 is 12.5. The van der Waals surface area contributed by atoms with Crippen LogP contribution in [-0.4, -0.2) is 104 Å². The van der Waals surface area contributed by atoms with E-state index in [1.807, 2.05) is 35.7 Å². The molecule has 1 aliphatic rings. The van der Waals surface area contributed by atoms with Crippen molar-refractivity contribution in [2.45, 2.75) is 11.3 Å². The Bertz CT molecular complexity index is 1310. The van der Waals surface area contributed by atoms with Crippen molar-refractivity contribution >= 4 is 52.7 Å². The average molecular weight is 503 g/mol. The maximum Gasteiger partial charge on any atom is 0.323 e. The van der Waals surface area contributed by atoms with Gasteiger partial charge in [-0.25, -0.2) is 9.78 Å². The van der Waals surface area contributed by atoms with Crippen LogP contribution in [0.2, 0.25) is 0 Å². The molecule has 3 amide bonds. The van der Waals surface area contributed by atoms with Gasteiger partial charge in [0.25, 0.3) is 5.91 Å². The number of urea groups is 1. The molecule has 0 atom stereocenters. The summed E-state index contributed by atoms with van der Waals surface area (Å²) in [7, 11) is 10.5. The second kappa shape index (κ2) is 10.5. The van der Waals surface area contributed by atoms with Gasteiger partial charge in [-0.1, -0.05) is 6.07 Å². The smallest absolute Gasteiger partial charge is 0.323 e. The third-order valence-corrected chi connectivity index (χ3v) is 5.53. The zero-order chi connectivity index (χ0) is 26.7. The number of likely N-dealkylation sites (tertiary alicyclic amines) is 1. The number of aromatic nitrogens is 5. The minimum Gasteiger partial charge on any atom is -0.494 e. The largest absolute Gasteiger partial charge is 0.494 e. The molecule has 1 saturated heterocycles. The highest BCUT2D eigenvalue weighted by molar-refractivity contribution is 6.60. The first kappa shape index (κ1) is 26.0. The van der Waals surface area contributed by atoms with Gasteiger partial charge in [0, 0.05) is 20.2 Å². The number of hydrogen-bond donors (Lipinski definition) is 3. The summed E-state index contributed by atoms with van der Waals surface area (Å²) >= 11 is 0. The van der Waals surface area contributed by atoms with Crippen LogP contribution in [0, 0.1) is 0 Å². The lowest BCUT2D eigenvalue weighted by atomic mass is 9.49. The van der Waals surface area contributed by atoms with Gasteiger partial charge in [-0.05, 0) is 17.4 Å². The monoisotopic (exact) mass is 503 g/mol. The molecule has 3 heterocycles. The number of anilines is 3. The predicted molar refractivity (Wildman–Crippen MR) is 146 cm³/mol. The summed E-state index contributed by atoms with van der Waals surface area (Å²) in [6.07, 6.45) is 1.62. The van der Waals surface area contributed by atoms with E-state index in [1.54, 1.807) is 42.2 Å². The van der Waals surface area contributed by atoms with Gasteiger partial charge >= 0.3 is 6.03 Å². The van der Waals surface area contributed by atoms with Crippen LogP contribution in [0.3, 0.4) is 0 Å². The number of hydrogen-bond acceptors (Lipinski definition) is 9. The second-order valence-corrected chi connectivity index (χ2v) is 9.64. The van der Waals surface area contributed by atoms with Gasteiger partial charge in [0.15, 0.2) is 23.1 Å². The molecular formula is C21H28B3N9O4. The van der Waals surface area contributed by atoms with Crippen molar-refractivity contribution in [3.05, 3.63) is 36.3 Å². The van der Waals surface area contributed by atoms with E-state index in [0.29, 0.717) is 41.6 Å². The standard InChI is InChI=1S/C21H28B3N9O4/c1-32-10-25-18(31-32)12-5-4-6-13(17(12)37-3)26-14-7-15(27-20(35)33-8-11(9-33)36-2)29-30-16(14)19(34)28-21(22,23)24/h4-7,10-11H,8-9,22-24H2,1-3H3,(H,28,34)(H2,26,27,29,35). The number of methoxy groups -OCH3 is 2. The average Bonchev–Trinajstić information content (AvgIpc) is 3.23. The van der Waals surface area contributed by atoms with Crippen LogP contribution in [-0.2, 0) is 11.8 Å². The third-order valence-electron chi connectivity index (χ3n) is 5.53. The van der Waals surface area contributed by atoms with E-state index in [1.165, 1.54) is 7.11 Å². The van der Waals surface area contributed by atoms with Crippen molar-refractivity contribution in [3.63, 3.8) is 0 Å². The Kier molecular flexibility index (Phi) is 7.39. The molecule has 0 radical (unpaired) electrons. The molecule has 0 aliphatic carbocycles. The normalized spacial score (nSPS) is 13.5. The highest BCUT2D eigenvalue weighted by atomic mass is 16.5. The van der Waals surface area contributed by atoms with Crippen molar-refractivity contribution in [1.82, 2.24) is 35.2 Å². The van der Waals surface area contributed by atoms with Crippen LogP contribution in [0.4, 0.5) is 22.0 Å². The van der Waals surface area contributed by atoms with Crippen molar-refractivity contribution in [2.24, 2.45) is 7.05 Å². The summed E-state index contributed by atoms with van der Waals surface area (Å²) in [5, 5.41) is 20.9. The fourth-order valence-electron chi connectivity index (χ4n) is 3.70. The predicted octanol–water partition coefficient (Wildman–Crippen LogP) is -1.87. The topological polar surface area (TPSA) is 148 Å². The minimum atomic E-state index is -0.499. The van der Waals surface area contributed by atoms with Crippen LogP contribution in [0.1, 0.15) is 10.5 Å².